The molecule has 6 nitrogen and oxygen atoms in total. The molecule has 7 heteroatoms. The molecule has 0 aliphatic carbocycles. The van der Waals surface area contributed by atoms with E-state index >= 15 is 0 Å². The van der Waals surface area contributed by atoms with E-state index in [9.17, 15) is 9.59 Å². The number of ether oxygens (including phenoxy) is 2. The molecule has 0 N–H and O–H groups in total. The molecule has 3 atom stereocenters. The third-order valence-electron chi connectivity index (χ3n) is 6.42. The number of benzene rings is 2. The lowest BCUT2D eigenvalue weighted by Gasteiger charge is -2.46. The minimum Gasteiger partial charge on any atom is -0.444 e. The summed E-state index contributed by atoms with van der Waals surface area (Å²) in [6, 6.07) is 20.4. The standard InChI is InChI=1S/C28H39NO5Si/c1-21-25(33-22(19-30)18-29(21)26(31)34-27(2,3)4)20-32-35(28(5,6)7,23-14-10-8-11-15-23)24-16-12-9-13-17-24/h8-17,19,21-22,25H,18,20H2,1-7H3/t21-,22+,25-/m1/s1. The predicted octanol–water partition coefficient (Wildman–Crippen LogP) is 4.15. The van der Waals surface area contributed by atoms with E-state index in [2.05, 4.69) is 45.0 Å². The first-order valence-corrected chi connectivity index (χ1v) is 14.2. The molecule has 0 spiro atoms. The van der Waals surface area contributed by atoms with Gasteiger partial charge in [0.25, 0.3) is 8.32 Å². The Morgan fingerprint density at radius 1 is 1.00 bits per heavy atom. The molecule has 0 radical (unpaired) electrons. The van der Waals surface area contributed by atoms with E-state index in [1.807, 2.05) is 64.1 Å². The Morgan fingerprint density at radius 3 is 1.94 bits per heavy atom. The Bertz CT molecular complexity index is 944. The predicted molar refractivity (Wildman–Crippen MR) is 141 cm³/mol. The summed E-state index contributed by atoms with van der Waals surface area (Å²) in [5, 5.41) is 2.14. The summed E-state index contributed by atoms with van der Waals surface area (Å²) in [6.45, 7) is 14.5. The first kappa shape index (κ1) is 27.1. The van der Waals surface area contributed by atoms with Crippen LogP contribution in [0, 0.1) is 0 Å². The molecule has 2 aromatic carbocycles. The fourth-order valence-electron chi connectivity index (χ4n) is 4.73. The number of hydrogen-bond donors (Lipinski definition) is 0. The zero-order chi connectivity index (χ0) is 25.9. The van der Waals surface area contributed by atoms with Crippen molar-refractivity contribution in [3.8, 4) is 0 Å². The number of amides is 1. The van der Waals surface area contributed by atoms with E-state index in [-0.39, 0.29) is 24.2 Å². The highest BCUT2D eigenvalue weighted by atomic mass is 28.4. The molecule has 35 heavy (non-hydrogen) atoms. The Kier molecular flexibility index (Phi) is 8.24. The van der Waals surface area contributed by atoms with Gasteiger partial charge in [-0.2, -0.15) is 0 Å². The quantitative estimate of drug-likeness (QED) is 0.443. The number of carbonyl (C=O) groups is 2. The smallest absolute Gasteiger partial charge is 0.410 e. The van der Waals surface area contributed by atoms with Crippen molar-refractivity contribution in [1.29, 1.82) is 0 Å². The van der Waals surface area contributed by atoms with Crippen LogP contribution in [0.25, 0.3) is 0 Å². The molecule has 0 bridgehead atoms. The fraction of sp³-hybridized carbons (Fsp3) is 0.500. The van der Waals surface area contributed by atoms with E-state index < -0.39 is 32.2 Å². The van der Waals surface area contributed by atoms with Crippen LogP contribution >= 0.6 is 0 Å². The van der Waals surface area contributed by atoms with Crippen LogP contribution in [0.5, 0.6) is 0 Å². The number of carbonyl (C=O) groups excluding carboxylic acids is 2. The van der Waals surface area contributed by atoms with Gasteiger partial charge in [0.2, 0.25) is 0 Å². The molecule has 3 rings (SSSR count). The average molecular weight is 498 g/mol. The van der Waals surface area contributed by atoms with Gasteiger partial charge in [-0.1, -0.05) is 81.4 Å². The highest BCUT2D eigenvalue weighted by Crippen LogP contribution is 2.37. The van der Waals surface area contributed by atoms with Crippen molar-refractivity contribution in [2.45, 2.75) is 77.4 Å². The van der Waals surface area contributed by atoms with Crippen molar-refractivity contribution in [3.05, 3.63) is 60.7 Å². The Hall–Kier alpha value is -2.48. The van der Waals surface area contributed by atoms with E-state index in [0.29, 0.717) is 0 Å². The molecule has 0 unspecified atom stereocenters. The van der Waals surface area contributed by atoms with Gasteiger partial charge in [-0.3, -0.25) is 4.90 Å². The van der Waals surface area contributed by atoms with Gasteiger partial charge in [-0.05, 0) is 43.1 Å². The van der Waals surface area contributed by atoms with Crippen LogP contribution in [0.3, 0.4) is 0 Å². The van der Waals surface area contributed by atoms with Crippen molar-refractivity contribution >= 4 is 31.1 Å². The Balaban J connectivity index is 1.97. The molecular formula is C28H39NO5Si. The second kappa shape index (κ2) is 10.6. The van der Waals surface area contributed by atoms with Gasteiger partial charge in [-0.15, -0.1) is 0 Å². The van der Waals surface area contributed by atoms with Gasteiger partial charge in [-0.25, -0.2) is 4.79 Å². The van der Waals surface area contributed by atoms with E-state index in [1.165, 1.54) is 0 Å². The van der Waals surface area contributed by atoms with Crippen LogP contribution in [0.4, 0.5) is 4.79 Å². The highest BCUT2D eigenvalue weighted by molar-refractivity contribution is 6.99. The number of aldehydes is 1. The molecule has 1 aliphatic heterocycles. The van der Waals surface area contributed by atoms with Crippen molar-refractivity contribution in [1.82, 2.24) is 4.90 Å². The zero-order valence-electron chi connectivity index (χ0n) is 22.0. The lowest BCUT2D eigenvalue weighted by atomic mass is 10.1. The first-order chi connectivity index (χ1) is 16.4. The normalized spacial score (nSPS) is 21.5. The number of hydrogen-bond acceptors (Lipinski definition) is 5. The maximum atomic E-state index is 12.9. The molecule has 1 fully saturated rings. The van der Waals surface area contributed by atoms with Crippen LogP contribution in [0.2, 0.25) is 5.04 Å². The molecule has 190 valence electrons. The zero-order valence-corrected chi connectivity index (χ0v) is 23.0. The summed E-state index contributed by atoms with van der Waals surface area (Å²) in [5.74, 6) is 0. The summed E-state index contributed by atoms with van der Waals surface area (Å²) in [4.78, 5) is 26.3. The van der Waals surface area contributed by atoms with Crippen molar-refractivity contribution < 1.29 is 23.5 Å². The van der Waals surface area contributed by atoms with Crippen LogP contribution in [-0.2, 0) is 18.7 Å². The number of morpholine rings is 1. The van der Waals surface area contributed by atoms with E-state index in [1.54, 1.807) is 4.90 Å². The minimum absolute atomic E-state index is 0.162. The third kappa shape index (κ3) is 6.02. The van der Waals surface area contributed by atoms with Crippen LogP contribution < -0.4 is 10.4 Å². The summed E-state index contributed by atoms with van der Waals surface area (Å²) in [6.07, 6.45) is -0.908. The average Bonchev–Trinajstić information content (AvgIpc) is 2.79. The molecule has 0 aromatic heterocycles. The van der Waals surface area contributed by atoms with Crippen LogP contribution in [-0.4, -0.2) is 62.6 Å². The monoisotopic (exact) mass is 497 g/mol. The topological polar surface area (TPSA) is 65.1 Å². The third-order valence-corrected chi connectivity index (χ3v) is 11.4. The van der Waals surface area contributed by atoms with Crippen molar-refractivity contribution in [3.63, 3.8) is 0 Å². The molecule has 1 aliphatic rings. The SMILES string of the molecule is C[C@@H]1[C@@H](CO[Si](c2ccccc2)(c2ccccc2)C(C)(C)C)O[C@H](C=O)CN1C(=O)OC(C)(C)C. The van der Waals surface area contributed by atoms with Gasteiger partial charge in [0, 0.05) is 0 Å². The summed E-state index contributed by atoms with van der Waals surface area (Å²) in [5.41, 5.74) is -0.632. The Labute approximate surface area is 210 Å². The van der Waals surface area contributed by atoms with Gasteiger partial charge in [0.15, 0.2) is 6.29 Å². The highest BCUT2D eigenvalue weighted by Gasteiger charge is 2.51. The largest absolute Gasteiger partial charge is 0.444 e. The van der Waals surface area contributed by atoms with Gasteiger partial charge >= 0.3 is 6.09 Å². The van der Waals surface area contributed by atoms with Crippen molar-refractivity contribution in [2.75, 3.05) is 13.2 Å². The summed E-state index contributed by atoms with van der Waals surface area (Å²) < 4.78 is 18.7. The van der Waals surface area contributed by atoms with Crippen molar-refractivity contribution in [2.24, 2.45) is 0 Å². The van der Waals surface area contributed by atoms with Gasteiger partial charge in [0.1, 0.15) is 17.8 Å². The molecular weight excluding hydrogens is 458 g/mol. The maximum absolute atomic E-state index is 12.9. The fourth-order valence-corrected chi connectivity index (χ4v) is 9.30. The summed E-state index contributed by atoms with van der Waals surface area (Å²) in [7, 11) is -2.79. The molecule has 0 saturated carbocycles. The van der Waals surface area contributed by atoms with Crippen LogP contribution in [0.1, 0.15) is 48.5 Å². The summed E-state index contributed by atoms with van der Waals surface area (Å²) >= 11 is 0. The van der Waals surface area contributed by atoms with Gasteiger partial charge in [0.05, 0.1) is 19.2 Å². The minimum atomic E-state index is -2.79. The number of rotatable bonds is 6. The van der Waals surface area contributed by atoms with E-state index in [0.717, 1.165) is 16.7 Å². The molecule has 1 saturated heterocycles. The molecule has 1 heterocycles. The van der Waals surface area contributed by atoms with Crippen LogP contribution in [0.15, 0.2) is 60.7 Å². The van der Waals surface area contributed by atoms with E-state index in [4.69, 9.17) is 13.9 Å². The lowest BCUT2D eigenvalue weighted by molar-refractivity contribution is -0.144. The second-order valence-electron chi connectivity index (χ2n) is 11.2. The maximum Gasteiger partial charge on any atom is 0.410 e. The van der Waals surface area contributed by atoms with Gasteiger partial charge < -0.3 is 18.7 Å². The number of nitrogens with zero attached hydrogens (tertiary/aromatic N) is 1. The molecule has 2 aromatic rings. The molecule has 1 amide bonds. The Morgan fingerprint density at radius 2 is 1.51 bits per heavy atom. The first-order valence-electron chi connectivity index (χ1n) is 12.2. The lowest BCUT2D eigenvalue weighted by Crippen LogP contribution is -2.68. The second-order valence-corrected chi connectivity index (χ2v) is 15.5.